The van der Waals surface area contributed by atoms with Crippen molar-refractivity contribution in [2.24, 2.45) is 5.92 Å². The van der Waals surface area contributed by atoms with Crippen molar-refractivity contribution < 1.29 is 34.4 Å². The highest BCUT2D eigenvalue weighted by Crippen LogP contribution is 2.15. The molecule has 3 atom stereocenters. The Kier molecular flexibility index (Phi) is 32.1. The van der Waals surface area contributed by atoms with E-state index in [1.165, 1.54) is 57.8 Å². The van der Waals surface area contributed by atoms with Crippen LogP contribution in [0.15, 0.2) is 48.6 Å². The summed E-state index contributed by atoms with van der Waals surface area (Å²) in [4.78, 5) is 24.3. The number of rotatable bonds is 32. The molecule has 7 heteroatoms. The molecule has 0 radical (unpaired) electrons. The van der Waals surface area contributed by atoms with Gasteiger partial charge in [0.15, 0.2) is 6.10 Å². The van der Waals surface area contributed by atoms with Gasteiger partial charge in [0.05, 0.1) is 18.8 Å². The zero-order valence-corrected chi connectivity index (χ0v) is 30.2. The van der Waals surface area contributed by atoms with Crippen LogP contribution in [0.25, 0.3) is 0 Å². The highest BCUT2D eigenvalue weighted by atomic mass is 16.6. The smallest absolute Gasteiger partial charge is 0.306 e. The first-order chi connectivity index (χ1) is 22.8. The Balaban J connectivity index is 3.84. The maximum Gasteiger partial charge on any atom is 0.306 e. The molecule has 0 unspecified atom stereocenters. The Hall–Kier alpha value is -2.22. The van der Waals surface area contributed by atoms with Gasteiger partial charge in [0, 0.05) is 12.8 Å². The summed E-state index contributed by atoms with van der Waals surface area (Å²) in [6.45, 7) is 6.08. The predicted molar refractivity (Wildman–Crippen MR) is 194 cm³/mol. The van der Waals surface area contributed by atoms with E-state index >= 15 is 0 Å². The molecule has 0 aromatic carbocycles. The molecule has 0 aliphatic carbocycles. The lowest BCUT2D eigenvalue weighted by Gasteiger charge is -2.17. The molecule has 0 heterocycles. The van der Waals surface area contributed by atoms with Crippen molar-refractivity contribution in [3.63, 3.8) is 0 Å². The quantitative estimate of drug-likeness (QED) is 0.0374. The van der Waals surface area contributed by atoms with Crippen molar-refractivity contribution in [1.82, 2.24) is 0 Å². The maximum absolute atomic E-state index is 12.2. The number of carbonyl (C=O) groups is 2. The highest BCUT2D eigenvalue weighted by molar-refractivity contribution is 5.70. The zero-order chi connectivity index (χ0) is 34.8. The van der Waals surface area contributed by atoms with E-state index in [1.807, 2.05) is 12.2 Å². The van der Waals surface area contributed by atoms with E-state index in [2.05, 4.69) is 57.2 Å². The first-order valence-corrected chi connectivity index (χ1v) is 18.7. The fourth-order valence-electron chi connectivity index (χ4n) is 5.06. The molecular formula is C40H70O7. The first kappa shape index (κ1) is 44.8. The Morgan fingerprint density at radius 2 is 1.09 bits per heavy atom. The van der Waals surface area contributed by atoms with Crippen molar-refractivity contribution in [3.05, 3.63) is 48.6 Å². The van der Waals surface area contributed by atoms with E-state index in [1.54, 1.807) is 0 Å². The van der Waals surface area contributed by atoms with Crippen LogP contribution in [0.4, 0.5) is 0 Å². The number of aliphatic hydroxyl groups excluding tert-OH is 3. The van der Waals surface area contributed by atoms with E-state index in [0.29, 0.717) is 19.3 Å². The summed E-state index contributed by atoms with van der Waals surface area (Å²) in [5.41, 5.74) is 0. The summed E-state index contributed by atoms with van der Waals surface area (Å²) in [5.74, 6) is -0.0642. The number of unbranched alkanes of at least 4 members (excludes halogenated alkanes) is 10. The number of esters is 2. The Morgan fingerprint density at radius 3 is 1.62 bits per heavy atom. The van der Waals surface area contributed by atoms with Crippen LogP contribution in [0, 0.1) is 5.92 Å². The lowest BCUT2D eigenvalue weighted by Crippen LogP contribution is -2.28. The Morgan fingerprint density at radius 1 is 0.596 bits per heavy atom. The van der Waals surface area contributed by atoms with Crippen LogP contribution in [0.3, 0.4) is 0 Å². The van der Waals surface area contributed by atoms with Crippen LogP contribution >= 0.6 is 0 Å². The third kappa shape index (κ3) is 32.1. The standard InChI is InChI=1S/C40H70O7/c1-4-5-6-7-8-9-10-13-16-19-22-25-29-37(42)38(43)30-27-32-39(44)46-34-36(33-41)47-40(45)31-26-23-20-17-14-11-12-15-18-21-24-28-35(2)3/h5-6,8-9,13,16,22,25,35-38,41-43H,4,7,10-12,14-15,17-21,23-24,26-34H2,1-3H3/b6-5-,9-8-,16-13-,25-22-/t36-,37-,38-/m0/s1. The second-order valence-electron chi connectivity index (χ2n) is 13.1. The van der Waals surface area contributed by atoms with Gasteiger partial charge in [-0.15, -0.1) is 0 Å². The van der Waals surface area contributed by atoms with E-state index in [9.17, 15) is 24.9 Å². The van der Waals surface area contributed by atoms with Crippen LogP contribution in [0.2, 0.25) is 0 Å². The second kappa shape index (κ2) is 33.7. The Bertz CT molecular complexity index is 846. The van der Waals surface area contributed by atoms with Crippen LogP contribution in [-0.4, -0.2) is 58.8 Å². The molecule has 0 rings (SSSR count). The molecule has 0 amide bonds. The number of carbonyl (C=O) groups excluding carboxylic acids is 2. The summed E-state index contributed by atoms with van der Waals surface area (Å²) < 4.78 is 10.4. The lowest BCUT2D eigenvalue weighted by molar-refractivity contribution is -0.161. The number of hydrogen-bond donors (Lipinski definition) is 3. The molecule has 47 heavy (non-hydrogen) atoms. The van der Waals surface area contributed by atoms with Gasteiger partial charge in [-0.25, -0.2) is 0 Å². The zero-order valence-electron chi connectivity index (χ0n) is 30.2. The molecular weight excluding hydrogens is 592 g/mol. The van der Waals surface area contributed by atoms with Gasteiger partial charge < -0.3 is 24.8 Å². The van der Waals surface area contributed by atoms with Gasteiger partial charge in [0.25, 0.3) is 0 Å². The van der Waals surface area contributed by atoms with Gasteiger partial charge in [-0.1, -0.05) is 140 Å². The van der Waals surface area contributed by atoms with Gasteiger partial charge in [-0.05, 0) is 57.3 Å². The van der Waals surface area contributed by atoms with Crippen LogP contribution in [0.1, 0.15) is 156 Å². The minimum absolute atomic E-state index is 0.0676. The molecule has 7 nitrogen and oxygen atoms in total. The molecule has 0 spiro atoms. The van der Waals surface area contributed by atoms with Crippen LogP contribution in [-0.2, 0) is 19.1 Å². The number of ether oxygens (including phenoxy) is 2. The summed E-state index contributed by atoms with van der Waals surface area (Å²) >= 11 is 0. The predicted octanol–water partition coefficient (Wildman–Crippen LogP) is 9.25. The SMILES string of the molecule is CC/C=C\C/C=C\C/C=C\C/C=C\C[C@H](O)[C@@H](O)CCCC(=O)OC[C@H](CO)OC(=O)CCCCCCCCCCCCCC(C)C. The topological polar surface area (TPSA) is 113 Å². The van der Waals surface area contributed by atoms with Gasteiger partial charge >= 0.3 is 11.9 Å². The van der Waals surface area contributed by atoms with E-state index in [-0.39, 0.29) is 25.4 Å². The first-order valence-electron chi connectivity index (χ1n) is 18.7. The fourth-order valence-corrected chi connectivity index (χ4v) is 5.06. The number of hydrogen-bond acceptors (Lipinski definition) is 7. The van der Waals surface area contributed by atoms with Crippen molar-refractivity contribution in [3.8, 4) is 0 Å². The molecule has 0 aliphatic heterocycles. The van der Waals surface area contributed by atoms with E-state index in [0.717, 1.165) is 50.9 Å². The monoisotopic (exact) mass is 663 g/mol. The van der Waals surface area contributed by atoms with E-state index < -0.39 is 30.9 Å². The lowest BCUT2D eigenvalue weighted by atomic mass is 10.0. The molecule has 3 N–H and O–H groups in total. The minimum atomic E-state index is -0.935. The molecule has 272 valence electrons. The van der Waals surface area contributed by atoms with Gasteiger partial charge in [0.1, 0.15) is 6.61 Å². The fraction of sp³-hybridized carbons (Fsp3) is 0.750. The summed E-state index contributed by atoms with van der Waals surface area (Å²) in [6, 6.07) is 0. The average molecular weight is 663 g/mol. The van der Waals surface area contributed by atoms with Gasteiger partial charge in [-0.2, -0.15) is 0 Å². The Labute approximate surface area is 287 Å². The minimum Gasteiger partial charge on any atom is -0.462 e. The van der Waals surface area contributed by atoms with Crippen LogP contribution < -0.4 is 0 Å². The molecule has 0 saturated heterocycles. The molecule has 0 fully saturated rings. The highest BCUT2D eigenvalue weighted by Gasteiger charge is 2.18. The molecule has 0 saturated carbocycles. The number of allylic oxidation sites excluding steroid dienone is 7. The second-order valence-corrected chi connectivity index (χ2v) is 13.1. The normalized spacial score (nSPS) is 14.2. The summed E-state index contributed by atoms with van der Waals surface area (Å²) in [6.07, 6.45) is 33.5. The molecule has 0 aromatic heterocycles. The van der Waals surface area contributed by atoms with Crippen molar-refractivity contribution in [1.29, 1.82) is 0 Å². The third-order valence-electron chi connectivity index (χ3n) is 8.02. The van der Waals surface area contributed by atoms with Crippen molar-refractivity contribution in [2.45, 2.75) is 174 Å². The third-order valence-corrected chi connectivity index (χ3v) is 8.02. The largest absolute Gasteiger partial charge is 0.462 e. The number of aliphatic hydroxyl groups is 3. The van der Waals surface area contributed by atoms with Gasteiger partial charge in [0.2, 0.25) is 0 Å². The maximum atomic E-state index is 12.2. The van der Waals surface area contributed by atoms with E-state index in [4.69, 9.17) is 9.47 Å². The van der Waals surface area contributed by atoms with Crippen molar-refractivity contribution in [2.75, 3.05) is 13.2 Å². The molecule has 0 aromatic rings. The summed E-state index contributed by atoms with van der Waals surface area (Å²) in [5, 5.41) is 29.9. The van der Waals surface area contributed by atoms with Crippen LogP contribution in [0.5, 0.6) is 0 Å². The van der Waals surface area contributed by atoms with Gasteiger partial charge in [-0.3, -0.25) is 9.59 Å². The average Bonchev–Trinajstić information content (AvgIpc) is 3.05. The summed E-state index contributed by atoms with van der Waals surface area (Å²) in [7, 11) is 0. The van der Waals surface area contributed by atoms with Crippen molar-refractivity contribution >= 4 is 11.9 Å². The molecule has 0 bridgehead atoms. The molecule has 0 aliphatic rings.